The third-order valence-corrected chi connectivity index (χ3v) is 5.67. The van der Waals surface area contributed by atoms with Gasteiger partial charge < -0.3 is 5.32 Å². The number of carbonyl (C=O) groups excluding carboxylic acids is 1. The van der Waals surface area contributed by atoms with E-state index in [9.17, 15) is 4.79 Å². The Balaban J connectivity index is 1.45. The largest absolute Gasteiger partial charge is 0.346 e. The van der Waals surface area contributed by atoms with E-state index in [4.69, 9.17) is 11.6 Å². The minimum absolute atomic E-state index is 0.0847. The van der Waals surface area contributed by atoms with E-state index >= 15 is 0 Å². The van der Waals surface area contributed by atoms with Crippen LogP contribution in [0.2, 0.25) is 5.02 Å². The van der Waals surface area contributed by atoms with Crippen LogP contribution in [0.25, 0.3) is 22.5 Å². The third-order valence-electron chi connectivity index (χ3n) is 4.89. The molecule has 6 heteroatoms. The number of hydrogen-bond donors (Lipinski definition) is 2. The third kappa shape index (κ3) is 4.64. The second-order valence-corrected chi connectivity index (χ2v) is 8.35. The number of aromatic nitrogens is 2. The van der Waals surface area contributed by atoms with Gasteiger partial charge in [-0.1, -0.05) is 63.9 Å². The van der Waals surface area contributed by atoms with Gasteiger partial charge in [0.25, 0.3) is 5.91 Å². The second-order valence-electron chi connectivity index (χ2n) is 7.00. The lowest BCUT2D eigenvalue weighted by Gasteiger charge is -2.14. The van der Waals surface area contributed by atoms with E-state index in [1.54, 1.807) is 0 Å². The van der Waals surface area contributed by atoms with Crippen molar-refractivity contribution >= 4 is 33.4 Å². The fraction of sp³-hybridized carbons (Fsp3) is 0.0833. The minimum atomic E-state index is -0.110. The number of nitrogens with one attached hydrogen (secondary N) is 2. The van der Waals surface area contributed by atoms with Crippen LogP contribution in [-0.2, 0) is 0 Å². The van der Waals surface area contributed by atoms with Crippen molar-refractivity contribution in [1.82, 2.24) is 15.5 Å². The Morgan fingerprint density at radius 1 is 0.967 bits per heavy atom. The summed E-state index contributed by atoms with van der Waals surface area (Å²) in [5.41, 5.74) is 5.33. The molecule has 1 aromatic heterocycles. The highest BCUT2D eigenvalue weighted by molar-refractivity contribution is 9.10. The van der Waals surface area contributed by atoms with E-state index in [1.807, 2.05) is 85.8 Å². The van der Waals surface area contributed by atoms with Gasteiger partial charge in [-0.2, -0.15) is 5.10 Å². The van der Waals surface area contributed by atoms with Crippen LogP contribution in [0.15, 0.2) is 83.3 Å². The molecule has 0 aliphatic heterocycles. The number of nitrogens with zero attached hydrogens (tertiary/aromatic N) is 1. The molecule has 2 N–H and O–H groups in total. The first-order valence-electron chi connectivity index (χ1n) is 9.48. The summed E-state index contributed by atoms with van der Waals surface area (Å²) in [6.07, 6.45) is 0. The maximum atomic E-state index is 12.6. The van der Waals surface area contributed by atoms with Crippen LogP contribution < -0.4 is 5.32 Å². The van der Waals surface area contributed by atoms with Crippen molar-refractivity contribution in [2.75, 3.05) is 0 Å². The number of benzene rings is 3. The summed E-state index contributed by atoms with van der Waals surface area (Å²) in [7, 11) is 0. The van der Waals surface area contributed by atoms with Gasteiger partial charge >= 0.3 is 0 Å². The maximum Gasteiger partial charge on any atom is 0.251 e. The van der Waals surface area contributed by atoms with Gasteiger partial charge in [-0.3, -0.25) is 9.89 Å². The van der Waals surface area contributed by atoms with Gasteiger partial charge in [-0.15, -0.1) is 0 Å². The zero-order chi connectivity index (χ0) is 21.1. The van der Waals surface area contributed by atoms with E-state index in [2.05, 4.69) is 31.4 Å². The Kier molecular flexibility index (Phi) is 6.02. The first-order valence-corrected chi connectivity index (χ1v) is 10.6. The smallest absolute Gasteiger partial charge is 0.251 e. The Hall–Kier alpha value is -2.89. The van der Waals surface area contributed by atoms with Crippen molar-refractivity contribution in [1.29, 1.82) is 0 Å². The number of carbonyl (C=O) groups is 1. The summed E-state index contributed by atoms with van der Waals surface area (Å²) in [6, 6.07) is 24.8. The molecular weight excluding hydrogens is 462 g/mol. The zero-order valence-corrected chi connectivity index (χ0v) is 18.5. The number of hydrogen-bond acceptors (Lipinski definition) is 2. The quantitative estimate of drug-likeness (QED) is 0.336. The van der Waals surface area contributed by atoms with Gasteiger partial charge in [0.1, 0.15) is 0 Å². The molecule has 4 aromatic rings. The first kappa shape index (κ1) is 20.4. The van der Waals surface area contributed by atoms with Crippen molar-refractivity contribution in [2.45, 2.75) is 13.0 Å². The maximum absolute atomic E-state index is 12.6. The molecule has 4 rings (SSSR count). The van der Waals surface area contributed by atoms with Gasteiger partial charge in [0.05, 0.1) is 17.4 Å². The summed E-state index contributed by atoms with van der Waals surface area (Å²) >= 11 is 9.38. The van der Waals surface area contributed by atoms with E-state index in [0.717, 1.165) is 32.6 Å². The highest BCUT2D eigenvalue weighted by Crippen LogP contribution is 2.25. The van der Waals surface area contributed by atoms with Crippen LogP contribution in [0.1, 0.15) is 28.9 Å². The van der Waals surface area contributed by atoms with Crippen molar-refractivity contribution in [3.8, 4) is 22.5 Å². The monoisotopic (exact) mass is 479 g/mol. The van der Waals surface area contributed by atoms with Gasteiger partial charge in [-0.25, -0.2) is 0 Å². The van der Waals surface area contributed by atoms with Crippen LogP contribution in [-0.4, -0.2) is 16.1 Å². The number of H-pyrrole nitrogens is 1. The van der Waals surface area contributed by atoms with E-state index < -0.39 is 0 Å². The van der Waals surface area contributed by atoms with Crippen molar-refractivity contribution < 1.29 is 4.79 Å². The van der Waals surface area contributed by atoms with Gasteiger partial charge in [0.2, 0.25) is 0 Å². The molecule has 0 bridgehead atoms. The van der Waals surface area contributed by atoms with Crippen molar-refractivity contribution in [3.05, 3.63) is 99.5 Å². The Bertz CT molecular complexity index is 1150. The molecule has 30 heavy (non-hydrogen) atoms. The number of aromatic amines is 1. The number of amides is 1. The van der Waals surface area contributed by atoms with Crippen LogP contribution in [0.5, 0.6) is 0 Å². The van der Waals surface area contributed by atoms with Gasteiger partial charge in [0.15, 0.2) is 0 Å². The van der Waals surface area contributed by atoms with Gasteiger partial charge in [-0.05, 0) is 60.5 Å². The Morgan fingerprint density at radius 3 is 2.27 bits per heavy atom. The molecule has 0 saturated carbocycles. The SMILES string of the molecule is CC(NC(=O)c1ccc(-c2cc(-c3ccc(Cl)cc3)[nH]n2)cc1)c1ccc(Br)cc1. The predicted octanol–water partition coefficient (Wildman–Crippen LogP) is 6.65. The second kappa shape index (κ2) is 8.86. The molecule has 0 aliphatic carbocycles. The predicted molar refractivity (Wildman–Crippen MR) is 124 cm³/mol. The fourth-order valence-electron chi connectivity index (χ4n) is 3.15. The molecule has 150 valence electrons. The van der Waals surface area contributed by atoms with Crippen LogP contribution in [0.3, 0.4) is 0 Å². The molecule has 0 aliphatic rings. The number of rotatable bonds is 5. The normalized spacial score (nSPS) is 11.8. The average Bonchev–Trinajstić information content (AvgIpc) is 3.25. The Morgan fingerprint density at radius 2 is 1.60 bits per heavy atom. The topological polar surface area (TPSA) is 57.8 Å². The van der Waals surface area contributed by atoms with Crippen LogP contribution in [0.4, 0.5) is 0 Å². The molecule has 3 aromatic carbocycles. The number of halogens is 2. The van der Waals surface area contributed by atoms with Crippen molar-refractivity contribution in [3.63, 3.8) is 0 Å². The van der Waals surface area contributed by atoms with Crippen LogP contribution in [0, 0.1) is 0 Å². The summed E-state index contributed by atoms with van der Waals surface area (Å²) in [4.78, 5) is 12.6. The molecular formula is C24H19BrClN3O. The molecule has 0 spiro atoms. The summed E-state index contributed by atoms with van der Waals surface area (Å²) in [5.74, 6) is -0.110. The molecule has 0 radical (unpaired) electrons. The highest BCUT2D eigenvalue weighted by Gasteiger charge is 2.12. The average molecular weight is 481 g/mol. The molecule has 1 heterocycles. The lowest BCUT2D eigenvalue weighted by molar-refractivity contribution is 0.0940. The summed E-state index contributed by atoms with van der Waals surface area (Å²) in [6.45, 7) is 1.97. The lowest BCUT2D eigenvalue weighted by Crippen LogP contribution is -2.26. The van der Waals surface area contributed by atoms with Crippen LogP contribution >= 0.6 is 27.5 Å². The van der Waals surface area contributed by atoms with Gasteiger partial charge in [0, 0.05) is 20.6 Å². The lowest BCUT2D eigenvalue weighted by atomic mass is 10.1. The molecule has 0 saturated heterocycles. The first-order chi connectivity index (χ1) is 14.5. The standard InChI is InChI=1S/C24H19BrClN3O/c1-15(16-6-10-20(25)11-7-16)27-24(30)19-4-2-17(3-5-19)22-14-23(29-28-22)18-8-12-21(26)13-9-18/h2-15H,1H3,(H,27,30)(H,28,29). The van der Waals surface area contributed by atoms with Crippen molar-refractivity contribution in [2.24, 2.45) is 0 Å². The molecule has 1 amide bonds. The molecule has 4 nitrogen and oxygen atoms in total. The zero-order valence-electron chi connectivity index (χ0n) is 16.2. The molecule has 1 atom stereocenters. The molecule has 1 unspecified atom stereocenters. The van der Waals surface area contributed by atoms with E-state index in [0.29, 0.717) is 10.6 Å². The highest BCUT2D eigenvalue weighted by atomic mass is 79.9. The fourth-order valence-corrected chi connectivity index (χ4v) is 3.54. The summed E-state index contributed by atoms with van der Waals surface area (Å²) in [5, 5.41) is 11.2. The summed E-state index contributed by atoms with van der Waals surface area (Å²) < 4.78 is 1.01. The Labute approximate surface area is 188 Å². The van der Waals surface area contributed by atoms with E-state index in [-0.39, 0.29) is 11.9 Å². The minimum Gasteiger partial charge on any atom is -0.346 e. The molecule has 0 fully saturated rings. The van der Waals surface area contributed by atoms with E-state index in [1.165, 1.54) is 0 Å².